The van der Waals surface area contributed by atoms with Crippen LogP contribution in [0.4, 0.5) is 4.39 Å². The van der Waals surface area contributed by atoms with Crippen molar-refractivity contribution in [2.75, 3.05) is 6.61 Å². The van der Waals surface area contributed by atoms with Gasteiger partial charge in [0.2, 0.25) is 0 Å². The molecule has 3 atom stereocenters. The summed E-state index contributed by atoms with van der Waals surface area (Å²) in [5.41, 5.74) is 6.80. The van der Waals surface area contributed by atoms with Gasteiger partial charge in [0.05, 0.1) is 12.2 Å². The molecule has 0 bridgehead atoms. The molecule has 1 heterocycles. The van der Waals surface area contributed by atoms with E-state index < -0.39 is 0 Å². The minimum atomic E-state index is -0.249. The molecule has 1 aromatic rings. The third-order valence-corrected chi connectivity index (χ3v) is 3.77. The second kappa shape index (κ2) is 7.04. The van der Waals surface area contributed by atoms with Crippen molar-refractivity contribution in [2.45, 2.75) is 57.8 Å². The van der Waals surface area contributed by atoms with Gasteiger partial charge in [-0.3, -0.25) is 0 Å². The zero-order chi connectivity index (χ0) is 14.5. The number of hydrogen-bond donors (Lipinski definition) is 1. The molecule has 1 aliphatic rings. The molecule has 1 fully saturated rings. The first-order chi connectivity index (χ1) is 9.58. The fourth-order valence-electron chi connectivity index (χ4n) is 2.47. The number of hydrogen-bond acceptors (Lipinski definition) is 3. The van der Waals surface area contributed by atoms with Crippen LogP contribution in [0, 0.1) is 5.82 Å². The molecule has 0 radical (unpaired) electrons. The maximum absolute atomic E-state index is 13.4. The number of halogens is 1. The van der Waals surface area contributed by atoms with Crippen molar-refractivity contribution in [3.63, 3.8) is 0 Å². The largest absolute Gasteiger partial charge is 0.491 e. The lowest BCUT2D eigenvalue weighted by Gasteiger charge is -2.17. The molecule has 0 aliphatic carbocycles. The Morgan fingerprint density at radius 2 is 2.25 bits per heavy atom. The van der Waals surface area contributed by atoms with Crippen LogP contribution < -0.4 is 10.5 Å². The summed E-state index contributed by atoms with van der Waals surface area (Å²) in [4.78, 5) is 0. The van der Waals surface area contributed by atoms with E-state index in [0.29, 0.717) is 19.1 Å². The molecule has 2 rings (SSSR count). The van der Waals surface area contributed by atoms with E-state index in [1.165, 1.54) is 12.1 Å². The van der Waals surface area contributed by atoms with E-state index >= 15 is 0 Å². The van der Waals surface area contributed by atoms with Gasteiger partial charge in [-0.1, -0.05) is 6.92 Å². The summed E-state index contributed by atoms with van der Waals surface area (Å²) in [7, 11) is 0. The third-order valence-electron chi connectivity index (χ3n) is 3.77. The molecule has 2 N–H and O–H groups in total. The third kappa shape index (κ3) is 4.18. The van der Waals surface area contributed by atoms with E-state index in [1.54, 1.807) is 6.07 Å². The summed E-state index contributed by atoms with van der Waals surface area (Å²) in [6.07, 6.45) is 4.04. The highest BCUT2D eigenvalue weighted by Gasteiger charge is 2.22. The molecular weight excluding hydrogens is 257 g/mol. The van der Waals surface area contributed by atoms with Crippen molar-refractivity contribution < 1.29 is 13.9 Å². The highest BCUT2D eigenvalue weighted by Crippen LogP contribution is 2.24. The zero-order valence-corrected chi connectivity index (χ0v) is 12.3. The van der Waals surface area contributed by atoms with Crippen LogP contribution in [-0.4, -0.2) is 24.9 Å². The average Bonchev–Trinajstić information content (AvgIpc) is 2.83. The first kappa shape index (κ1) is 15.3. The summed E-state index contributed by atoms with van der Waals surface area (Å²) in [6.45, 7) is 4.62. The second-order valence-electron chi connectivity index (χ2n) is 5.58. The maximum Gasteiger partial charge on any atom is 0.123 e. The summed E-state index contributed by atoms with van der Waals surface area (Å²) in [6, 6.07) is 4.66. The minimum Gasteiger partial charge on any atom is -0.491 e. The number of benzene rings is 1. The highest BCUT2D eigenvalue weighted by molar-refractivity contribution is 5.34. The van der Waals surface area contributed by atoms with Crippen LogP contribution in [0.2, 0.25) is 0 Å². The van der Waals surface area contributed by atoms with E-state index in [4.69, 9.17) is 15.2 Å². The fourth-order valence-corrected chi connectivity index (χ4v) is 2.47. The Labute approximate surface area is 120 Å². The lowest BCUT2D eigenvalue weighted by Crippen LogP contribution is -2.23. The van der Waals surface area contributed by atoms with Crippen LogP contribution in [0.25, 0.3) is 0 Å². The Morgan fingerprint density at radius 3 is 2.90 bits per heavy atom. The zero-order valence-electron chi connectivity index (χ0n) is 12.3. The number of ether oxygens (including phenoxy) is 2. The van der Waals surface area contributed by atoms with Crippen molar-refractivity contribution in [3.05, 3.63) is 29.6 Å². The smallest absolute Gasteiger partial charge is 0.123 e. The van der Waals surface area contributed by atoms with Gasteiger partial charge < -0.3 is 15.2 Å². The van der Waals surface area contributed by atoms with Crippen molar-refractivity contribution >= 4 is 0 Å². The quantitative estimate of drug-likeness (QED) is 0.871. The van der Waals surface area contributed by atoms with Gasteiger partial charge >= 0.3 is 0 Å². The minimum absolute atomic E-state index is 0.0295. The van der Waals surface area contributed by atoms with Gasteiger partial charge in [0.25, 0.3) is 0 Å². The molecule has 0 aromatic heterocycles. The summed E-state index contributed by atoms with van der Waals surface area (Å²) in [5, 5.41) is 0. The first-order valence-electron chi connectivity index (χ1n) is 7.40. The molecule has 0 spiro atoms. The first-order valence-corrected chi connectivity index (χ1v) is 7.40. The van der Waals surface area contributed by atoms with Crippen LogP contribution >= 0.6 is 0 Å². The van der Waals surface area contributed by atoms with E-state index in [1.807, 2.05) is 6.92 Å². The van der Waals surface area contributed by atoms with Crippen LogP contribution in [0.3, 0.4) is 0 Å². The predicted molar refractivity (Wildman–Crippen MR) is 77.4 cm³/mol. The second-order valence-corrected chi connectivity index (χ2v) is 5.58. The van der Waals surface area contributed by atoms with Crippen LogP contribution in [0.1, 0.15) is 38.7 Å². The standard InChI is InChI=1S/C16H24FNO2/c1-3-14(18)9-12-8-13(17)5-7-16(12)19-10-15-6-4-11(2)20-15/h5,7-8,11,14-15H,3-4,6,9-10,18H2,1-2H3. The van der Waals surface area contributed by atoms with Crippen molar-refractivity contribution in [1.82, 2.24) is 0 Å². The molecule has 4 heteroatoms. The Morgan fingerprint density at radius 1 is 1.45 bits per heavy atom. The van der Waals surface area contributed by atoms with Gasteiger partial charge in [-0.2, -0.15) is 0 Å². The predicted octanol–water partition coefficient (Wildman–Crippen LogP) is 3.05. The van der Waals surface area contributed by atoms with Crippen molar-refractivity contribution in [1.29, 1.82) is 0 Å². The lowest BCUT2D eigenvalue weighted by atomic mass is 10.0. The molecule has 3 unspecified atom stereocenters. The topological polar surface area (TPSA) is 44.5 Å². The molecule has 20 heavy (non-hydrogen) atoms. The van der Waals surface area contributed by atoms with Gasteiger partial charge in [0, 0.05) is 6.04 Å². The fraction of sp³-hybridized carbons (Fsp3) is 0.625. The summed E-state index contributed by atoms with van der Waals surface area (Å²) in [5.74, 6) is 0.472. The van der Waals surface area contributed by atoms with E-state index in [2.05, 4.69) is 6.92 Å². The molecule has 0 saturated carbocycles. The molecule has 1 saturated heterocycles. The Hall–Kier alpha value is -1.13. The lowest BCUT2D eigenvalue weighted by molar-refractivity contribution is 0.0262. The molecule has 1 aliphatic heterocycles. The summed E-state index contributed by atoms with van der Waals surface area (Å²) >= 11 is 0. The average molecular weight is 281 g/mol. The van der Waals surface area contributed by atoms with Crippen LogP contribution in [0.15, 0.2) is 18.2 Å². The van der Waals surface area contributed by atoms with Gasteiger partial charge in [-0.25, -0.2) is 4.39 Å². The Kier molecular flexibility index (Phi) is 5.38. The monoisotopic (exact) mass is 281 g/mol. The van der Waals surface area contributed by atoms with E-state index in [0.717, 1.165) is 30.6 Å². The Balaban J connectivity index is 1.98. The van der Waals surface area contributed by atoms with E-state index in [9.17, 15) is 4.39 Å². The SMILES string of the molecule is CCC(N)Cc1cc(F)ccc1OCC1CCC(C)O1. The maximum atomic E-state index is 13.4. The highest BCUT2D eigenvalue weighted by atomic mass is 19.1. The molecular formula is C16H24FNO2. The van der Waals surface area contributed by atoms with Crippen molar-refractivity contribution in [3.8, 4) is 5.75 Å². The van der Waals surface area contributed by atoms with Gasteiger partial charge in [0.15, 0.2) is 0 Å². The van der Waals surface area contributed by atoms with Gasteiger partial charge in [-0.15, -0.1) is 0 Å². The number of rotatable bonds is 6. The van der Waals surface area contributed by atoms with Crippen LogP contribution in [-0.2, 0) is 11.2 Å². The van der Waals surface area contributed by atoms with Crippen molar-refractivity contribution in [2.24, 2.45) is 5.73 Å². The van der Waals surface area contributed by atoms with Gasteiger partial charge in [-0.05, 0) is 56.4 Å². The molecule has 112 valence electrons. The number of nitrogens with two attached hydrogens (primary N) is 1. The molecule has 3 nitrogen and oxygen atoms in total. The Bertz CT molecular complexity index is 438. The van der Waals surface area contributed by atoms with Crippen LogP contribution in [0.5, 0.6) is 5.75 Å². The van der Waals surface area contributed by atoms with E-state index in [-0.39, 0.29) is 18.0 Å². The molecule has 0 amide bonds. The van der Waals surface area contributed by atoms with Gasteiger partial charge in [0.1, 0.15) is 18.2 Å². The normalized spacial score (nSPS) is 23.8. The summed E-state index contributed by atoms with van der Waals surface area (Å²) < 4.78 is 24.9. The molecule has 1 aromatic carbocycles.